The number of carbonyl (C=O) groups excluding carboxylic acids is 1. The van der Waals surface area contributed by atoms with Crippen LogP contribution in [0.2, 0.25) is 0 Å². The van der Waals surface area contributed by atoms with Crippen LogP contribution in [0.3, 0.4) is 0 Å². The summed E-state index contributed by atoms with van der Waals surface area (Å²) in [5.41, 5.74) is 2.14. The normalized spacial score (nSPS) is 14.7. The molecule has 0 radical (unpaired) electrons. The second kappa shape index (κ2) is 9.28. The van der Waals surface area contributed by atoms with Gasteiger partial charge >= 0.3 is 0 Å². The maximum atomic E-state index is 12.3. The van der Waals surface area contributed by atoms with Crippen molar-refractivity contribution in [2.45, 2.75) is 6.54 Å². The summed E-state index contributed by atoms with van der Waals surface area (Å²) in [7, 11) is 3.34. The van der Waals surface area contributed by atoms with Gasteiger partial charge in [-0.25, -0.2) is 0 Å². The third-order valence-corrected chi connectivity index (χ3v) is 4.79. The smallest absolute Gasteiger partial charge is 0.234 e. The van der Waals surface area contributed by atoms with Crippen molar-refractivity contribution in [3.05, 3.63) is 54.1 Å². The Morgan fingerprint density at radius 3 is 2.52 bits per heavy atom. The summed E-state index contributed by atoms with van der Waals surface area (Å²) in [6.45, 7) is 4.39. The van der Waals surface area contributed by atoms with E-state index in [0.717, 1.165) is 48.9 Å². The minimum atomic E-state index is 0.0450. The van der Waals surface area contributed by atoms with Gasteiger partial charge in [0.15, 0.2) is 0 Å². The summed E-state index contributed by atoms with van der Waals surface area (Å²) in [4.78, 5) is 16.8. The van der Waals surface area contributed by atoms with Gasteiger partial charge in [0.2, 0.25) is 5.91 Å². The summed E-state index contributed by atoms with van der Waals surface area (Å²) in [6, 6.07) is 15.8. The van der Waals surface area contributed by atoms with Crippen LogP contribution in [-0.2, 0) is 11.3 Å². The Balaban J connectivity index is 1.45. The van der Waals surface area contributed by atoms with Crippen molar-refractivity contribution in [2.75, 3.05) is 51.8 Å². The predicted octanol–water partition coefficient (Wildman–Crippen LogP) is 2.14. The number of carbonyl (C=O) groups is 1. The SMILES string of the molecule is COc1cccc(CNC(=O)CN2CCN(c3ccccc3OC)CC2)c1. The van der Waals surface area contributed by atoms with E-state index < -0.39 is 0 Å². The highest BCUT2D eigenvalue weighted by Gasteiger charge is 2.20. The molecular weight excluding hydrogens is 342 g/mol. The van der Waals surface area contributed by atoms with Crippen LogP contribution >= 0.6 is 0 Å². The van der Waals surface area contributed by atoms with Crippen molar-refractivity contribution in [1.29, 1.82) is 0 Å². The van der Waals surface area contributed by atoms with Gasteiger partial charge in [0, 0.05) is 32.7 Å². The van der Waals surface area contributed by atoms with E-state index in [4.69, 9.17) is 9.47 Å². The Bertz CT molecular complexity index is 758. The van der Waals surface area contributed by atoms with Gasteiger partial charge in [-0.1, -0.05) is 24.3 Å². The molecule has 2 aromatic carbocycles. The molecule has 1 heterocycles. The molecule has 27 heavy (non-hydrogen) atoms. The summed E-state index contributed by atoms with van der Waals surface area (Å²) in [5.74, 6) is 1.74. The molecule has 0 aromatic heterocycles. The first kappa shape index (κ1) is 19.0. The molecule has 6 nitrogen and oxygen atoms in total. The second-order valence-corrected chi connectivity index (χ2v) is 6.56. The van der Waals surface area contributed by atoms with E-state index in [1.54, 1.807) is 14.2 Å². The fourth-order valence-corrected chi connectivity index (χ4v) is 3.28. The lowest BCUT2D eigenvalue weighted by molar-refractivity contribution is -0.122. The van der Waals surface area contributed by atoms with Crippen molar-refractivity contribution >= 4 is 11.6 Å². The Labute approximate surface area is 160 Å². The van der Waals surface area contributed by atoms with Crippen molar-refractivity contribution in [3.8, 4) is 11.5 Å². The highest BCUT2D eigenvalue weighted by Crippen LogP contribution is 2.28. The van der Waals surface area contributed by atoms with E-state index in [9.17, 15) is 4.79 Å². The molecule has 1 saturated heterocycles. The molecule has 1 aliphatic heterocycles. The second-order valence-electron chi connectivity index (χ2n) is 6.56. The zero-order valence-corrected chi connectivity index (χ0v) is 16.0. The average Bonchev–Trinajstić information content (AvgIpc) is 2.73. The Morgan fingerprint density at radius 1 is 1.00 bits per heavy atom. The summed E-state index contributed by atoms with van der Waals surface area (Å²) < 4.78 is 10.7. The molecule has 1 amide bonds. The molecule has 0 unspecified atom stereocenters. The molecule has 1 fully saturated rings. The number of hydrogen-bond acceptors (Lipinski definition) is 5. The van der Waals surface area contributed by atoms with Gasteiger partial charge in [-0.05, 0) is 29.8 Å². The Morgan fingerprint density at radius 2 is 1.78 bits per heavy atom. The average molecular weight is 369 g/mol. The number of nitrogens with one attached hydrogen (secondary N) is 1. The van der Waals surface area contributed by atoms with Gasteiger partial charge in [0.1, 0.15) is 11.5 Å². The number of anilines is 1. The minimum absolute atomic E-state index is 0.0450. The van der Waals surface area contributed by atoms with Gasteiger partial charge in [-0.3, -0.25) is 9.69 Å². The monoisotopic (exact) mass is 369 g/mol. The first-order chi connectivity index (χ1) is 13.2. The molecule has 6 heteroatoms. The number of benzene rings is 2. The van der Waals surface area contributed by atoms with E-state index in [0.29, 0.717) is 13.1 Å². The van der Waals surface area contributed by atoms with Crippen LogP contribution in [0.1, 0.15) is 5.56 Å². The predicted molar refractivity (Wildman–Crippen MR) is 106 cm³/mol. The number of ether oxygens (including phenoxy) is 2. The Kier molecular flexibility index (Phi) is 6.54. The van der Waals surface area contributed by atoms with Gasteiger partial charge < -0.3 is 19.7 Å². The van der Waals surface area contributed by atoms with Crippen molar-refractivity contribution < 1.29 is 14.3 Å². The Hall–Kier alpha value is -2.73. The maximum absolute atomic E-state index is 12.3. The van der Waals surface area contributed by atoms with Crippen LogP contribution in [0.5, 0.6) is 11.5 Å². The van der Waals surface area contributed by atoms with E-state index in [-0.39, 0.29) is 5.91 Å². The molecule has 0 atom stereocenters. The van der Waals surface area contributed by atoms with Crippen LogP contribution in [-0.4, -0.2) is 57.8 Å². The largest absolute Gasteiger partial charge is 0.497 e. The summed E-state index contributed by atoms with van der Waals surface area (Å²) in [5, 5.41) is 2.99. The third-order valence-electron chi connectivity index (χ3n) is 4.79. The molecule has 0 spiro atoms. The lowest BCUT2D eigenvalue weighted by atomic mass is 10.2. The number of amides is 1. The molecule has 3 rings (SSSR count). The van der Waals surface area contributed by atoms with Crippen LogP contribution in [0, 0.1) is 0 Å². The zero-order chi connectivity index (χ0) is 19.1. The topological polar surface area (TPSA) is 54.0 Å². The van der Waals surface area contributed by atoms with E-state index in [1.807, 2.05) is 42.5 Å². The van der Waals surface area contributed by atoms with Gasteiger partial charge in [-0.2, -0.15) is 0 Å². The number of hydrogen-bond donors (Lipinski definition) is 1. The molecule has 0 bridgehead atoms. The molecule has 144 valence electrons. The molecule has 2 aromatic rings. The molecule has 0 aliphatic carbocycles. The van der Waals surface area contributed by atoms with E-state index >= 15 is 0 Å². The lowest BCUT2D eigenvalue weighted by Crippen LogP contribution is -2.49. The maximum Gasteiger partial charge on any atom is 0.234 e. The number of rotatable bonds is 7. The molecule has 1 aliphatic rings. The number of nitrogens with zero attached hydrogens (tertiary/aromatic N) is 2. The quantitative estimate of drug-likeness (QED) is 0.810. The standard InChI is InChI=1S/C21H27N3O3/c1-26-18-7-5-6-17(14-18)15-22-21(25)16-23-10-12-24(13-11-23)19-8-3-4-9-20(19)27-2/h3-9,14H,10-13,15-16H2,1-2H3,(H,22,25). The van der Waals surface area contributed by atoms with E-state index in [1.165, 1.54) is 0 Å². The summed E-state index contributed by atoms with van der Waals surface area (Å²) in [6.07, 6.45) is 0. The van der Waals surface area contributed by atoms with Crippen molar-refractivity contribution in [2.24, 2.45) is 0 Å². The first-order valence-electron chi connectivity index (χ1n) is 9.19. The van der Waals surface area contributed by atoms with Crippen LogP contribution < -0.4 is 19.7 Å². The van der Waals surface area contributed by atoms with Crippen LogP contribution in [0.15, 0.2) is 48.5 Å². The fraction of sp³-hybridized carbons (Fsp3) is 0.381. The number of methoxy groups -OCH3 is 2. The van der Waals surface area contributed by atoms with Gasteiger partial charge in [0.05, 0.1) is 26.5 Å². The molecule has 0 saturated carbocycles. The third kappa shape index (κ3) is 5.14. The highest BCUT2D eigenvalue weighted by atomic mass is 16.5. The van der Waals surface area contributed by atoms with Gasteiger partial charge in [0.25, 0.3) is 0 Å². The summed E-state index contributed by atoms with van der Waals surface area (Å²) >= 11 is 0. The van der Waals surface area contributed by atoms with Crippen molar-refractivity contribution in [3.63, 3.8) is 0 Å². The number of para-hydroxylation sites is 2. The number of piperazine rings is 1. The van der Waals surface area contributed by atoms with E-state index in [2.05, 4.69) is 21.2 Å². The fourth-order valence-electron chi connectivity index (χ4n) is 3.28. The van der Waals surface area contributed by atoms with Crippen LogP contribution in [0.4, 0.5) is 5.69 Å². The van der Waals surface area contributed by atoms with Crippen LogP contribution in [0.25, 0.3) is 0 Å². The van der Waals surface area contributed by atoms with Gasteiger partial charge in [-0.15, -0.1) is 0 Å². The first-order valence-corrected chi connectivity index (χ1v) is 9.19. The lowest BCUT2D eigenvalue weighted by Gasteiger charge is -2.36. The highest BCUT2D eigenvalue weighted by molar-refractivity contribution is 5.78. The minimum Gasteiger partial charge on any atom is -0.497 e. The molecular formula is C21H27N3O3. The zero-order valence-electron chi connectivity index (χ0n) is 16.0. The van der Waals surface area contributed by atoms with Crippen molar-refractivity contribution in [1.82, 2.24) is 10.2 Å². The molecule has 1 N–H and O–H groups in total.